The Hall–Kier alpha value is -2.42. The minimum absolute atomic E-state index is 0.0790. The van der Waals surface area contributed by atoms with Gasteiger partial charge in [-0.25, -0.2) is 4.98 Å². The number of aromatic nitrogens is 2. The van der Waals surface area contributed by atoms with Gasteiger partial charge in [0, 0.05) is 30.6 Å². The summed E-state index contributed by atoms with van der Waals surface area (Å²) in [5.74, 6) is 0.0373. The zero-order chi connectivity index (χ0) is 20.8. The van der Waals surface area contributed by atoms with Crippen molar-refractivity contribution in [3.05, 3.63) is 58.7 Å². The van der Waals surface area contributed by atoms with E-state index in [-0.39, 0.29) is 23.3 Å². The van der Waals surface area contributed by atoms with Crippen molar-refractivity contribution in [3.63, 3.8) is 0 Å². The Labute approximate surface area is 177 Å². The highest BCUT2D eigenvalue weighted by molar-refractivity contribution is 7.99. The molecule has 0 saturated heterocycles. The Bertz CT molecular complexity index is 1060. The van der Waals surface area contributed by atoms with Gasteiger partial charge in [0.25, 0.3) is 5.56 Å². The number of allylic oxidation sites excluding steroid dienone is 1. The Morgan fingerprint density at radius 1 is 1.41 bits per heavy atom. The molecule has 152 valence electrons. The summed E-state index contributed by atoms with van der Waals surface area (Å²) < 4.78 is 6.61. The van der Waals surface area contributed by atoms with E-state index in [0.717, 1.165) is 11.1 Å². The van der Waals surface area contributed by atoms with Gasteiger partial charge in [0.2, 0.25) is 5.91 Å². The second kappa shape index (κ2) is 9.87. The van der Waals surface area contributed by atoms with Crippen LogP contribution in [0.15, 0.2) is 58.3 Å². The van der Waals surface area contributed by atoms with Crippen LogP contribution in [0, 0.1) is 0 Å². The normalized spacial score (nSPS) is 12.1. The maximum Gasteiger partial charge on any atom is 0.263 e. The van der Waals surface area contributed by atoms with E-state index in [1.165, 1.54) is 23.1 Å². The third kappa shape index (κ3) is 4.95. The predicted molar refractivity (Wildman–Crippen MR) is 120 cm³/mol. The molecule has 8 heteroatoms. The number of thioether (sulfide) groups is 1. The Morgan fingerprint density at radius 3 is 2.86 bits per heavy atom. The second-order valence-electron chi connectivity index (χ2n) is 6.51. The largest absolute Gasteiger partial charge is 0.383 e. The van der Waals surface area contributed by atoms with Gasteiger partial charge in [0.05, 0.1) is 17.7 Å². The molecule has 1 unspecified atom stereocenters. The molecule has 2 aromatic heterocycles. The molecule has 1 aromatic carbocycles. The highest BCUT2D eigenvalue weighted by Crippen LogP contribution is 2.32. The first kappa shape index (κ1) is 21.3. The average Bonchev–Trinajstić information content (AvgIpc) is 3.14. The Morgan fingerprint density at radius 2 is 2.17 bits per heavy atom. The second-order valence-corrected chi connectivity index (χ2v) is 8.31. The molecule has 2 heterocycles. The molecular weight excluding hydrogens is 406 g/mol. The van der Waals surface area contributed by atoms with Crippen molar-refractivity contribution >= 4 is 39.2 Å². The monoisotopic (exact) mass is 429 g/mol. The average molecular weight is 430 g/mol. The topological polar surface area (TPSA) is 73.2 Å². The number of ether oxygens (including phenoxy) is 1. The van der Waals surface area contributed by atoms with Crippen LogP contribution in [0.1, 0.15) is 6.92 Å². The SMILES string of the molecule is C=CCn1c(SCC(=O)NC(C)COC)nc2scc(-c3ccccc3)c2c1=O. The maximum absolute atomic E-state index is 13.3. The lowest BCUT2D eigenvalue weighted by atomic mass is 10.1. The Kier molecular flexibility index (Phi) is 7.24. The van der Waals surface area contributed by atoms with Crippen molar-refractivity contribution in [3.8, 4) is 11.1 Å². The summed E-state index contributed by atoms with van der Waals surface area (Å²) in [4.78, 5) is 30.8. The molecule has 0 bridgehead atoms. The summed E-state index contributed by atoms with van der Waals surface area (Å²) in [6, 6.07) is 9.72. The van der Waals surface area contributed by atoms with E-state index in [2.05, 4.69) is 16.9 Å². The molecule has 1 atom stereocenters. The molecule has 0 aliphatic heterocycles. The molecule has 3 rings (SSSR count). The van der Waals surface area contributed by atoms with Crippen molar-refractivity contribution in [2.24, 2.45) is 0 Å². The molecule has 6 nitrogen and oxygen atoms in total. The fourth-order valence-corrected chi connectivity index (χ4v) is 4.78. The highest BCUT2D eigenvalue weighted by atomic mass is 32.2. The number of benzene rings is 1. The van der Waals surface area contributed by atoms with E-state index in [0.29, 0.717) is 28.5 Å². The first-order valence-electron chi connectivity index (χ1n) is 9.14. The summed E-state index contributed by atoms with van der Waals surface area (Å²) in [6.45, 7) is 6.40. The molecule has 0 fully saturated rings. The van der Waals surface area contributed by atoms with Gasteiger partial charge in [-0.3, -0.25) is 14.2 Å². The van der Waals surface area contributed by atoms with Gasteiger partial charge in [0.1, 0.15) is 4.83 Å². The summed E-state index contributed by atoms with van der Waals surface area (Å²) in [7, 11) is 1.59. The first-order chi connectivity index (χ1) is 14.0. The molecule has 0 radical (unpaired) electrons. The summed E-state index contributed by atoms with van der Waals surface area (Å²) >= 11 is 2.68. The van der Waals surface area contributed by atoms with Gasteiger partial charge in [0.15, 0.2) is 5.16 Å². The van der Waals surface area contributed by atoms with Crippen molar-refractivity contribution in [2.75, 3.05) is 19.5 Å². The van der Waals surface area contributed by atoms with Crippen molar-refractivity contribution in [1.82, 2.24) is 14.9 Å². The summed E-state index contributed by atoms with van der Waals surface area (Å²) in [5.41, 5.74) is 1.74. The van der Waals surface area contributed by atoms with E-state index in [4.69, 9.17) is 4.74 Å². The minimum Gasteiger partial charge on any atom is -0.383 e. The zero-order valence-corrected chi connectivity index (χ0v) is 18.0. The number of thiophene rings is 1. The van der Waals surface area contributed by atoms with Gasteiger partial charge in [-0.05, 0) is 12.5 Å². The number of hydrogen-bond donors (Lipinski definition) is 1. The van der Waals surface area contributed by atoms with E-state index < -0.39 is 0 Å². The van der Waals surface area contributed by atoms with Crippen LogP contribution in [0.2, 0.25) is 0 Å². The fraction of sp³-hybridized carbons (Fsp3) is 0.286. The van der Waals surface area contributed by atoms with Gasteiger partial charge in [-0.2, -0.15) is 0 Å². The van der Waals surface area contributed by atoms with Crippen LogP contribution in [-0.2, 0) is 16.1 Å². The van der Waals surface area contributed by atoms with Crippen LogP contribution < -0.4 is 10.9 Å². The summed E-state index contributed by atoms with van der Waals surface area (Å²) in [5, 5.41) is 5.94. The number of nitrogens with zero attached hydrogens (tertiary/aromatic N) is 2. The molecule has 0 spiro atoms. The number of carbonyl (C=O) groups excluding carboxylic acids is 1. The highest BCUT2D eigenvalue weighted by Gasteiger charge is 2.18. The number of fused-ring (bicyclic) bond motifs is 1. The number of rotatable bonds is 9. The number of methoxy groups -OCH3 is 1. The van der Waals surface area contributed by atoms with Crippen LogP contribution in [0.3, 0.4) is 0 Å². The van der Waals surface area contributed by atoms with Crippen LogP contribution in [0.4, 0.5) is 0 Å². The third-order valence-electron chi connectivity index (χ3n) is 4.21. The number of hydrogen-bond acceptors (Lipinski definition) is 6. The van der Waals surface area contributed by atoms with Crippen LogP contribution in [-0.4, -0.2) is 41.0 Å². The predicted octanol–water partition coefficient (Wildman–Crippen LogP) is 3.55. The molecule has 29 heavy (non-hydrogen) atoms. The number of nitrogens with one attached hydrogen (secondary N) is 1. The number of amides is 1. The van der Waals surface area contributed by atoms with E-state index in [1.54, 1.807) is 17.8 Å². The van der Waals surface area contributed by atoms with Gasteiger partial charge >= 0.3 is 0 Å². The molecule has 1 amide bonds. The van der Waals surface area contributed by atoms with E-state index in [1.807, 2.05) is 42.6 Å². The molecule has 3 aromatic rings. The van der Waals surface area contributed by atoms with Crippen LogP contribution in [0.5, 0.6) is 0 Å². The smallest absolute Gasteiger partial charge is 0.263 e. The first-order valence-corrected chi connectivity index (χ1v) is 11.0. The minimum atomic E-state index is -0.129. The van der Waals surface area contributed by atoms with E-state index >= 15 is 0 Å². The van der Waals surface area contributed by atoms with Crippen molar-refractivity contribution in [1.29, 1.82) is 0 Å². The molecule has 0 aliphatic rings. The lowest BCUT2D eigenvalue weighted by Crippen LogP contribution is -2.36. The molecule has 0 saturated carbocycles. The Balaban J connectivity index is 1.92. The lowest BCUT2D eigenvalue weighted by Gasteiger charge is -2.13. The third-order valence-corrected chi connectivity index (χ3v) is 6.06. The van der Waals surface area contributed by atoms with Crippen molar-refractivity contribution < 1.29 is 9.53 Å². The lowest BCUT2D eigenvalue weighted by molar-refractivity contribution is -0.119. The van der Waals surface area contributed by atoms with Gasteiger partial charge in [-0.15, -0.1) is 17.9 Å². The zero-order valence-electron chi connectivity index (χ0n) is 16.4. The van der Waals surface area contributed by atoms with E-state index in [9.17, 15) is 9.59 Å². The molecular formula is C21H23N3O3S2. The van der Waals surface area contributed by atoms with Gasteiger partial charge < -0.3 is 10.1 Å². The fourth-order valence-electron chi connectivity index (χ4n) is 2.97. The standard InChI is InChI=1S/C21H23N3O3S2/c1-4-10-24-20(26)18-16(15-8-6-5-7-9-15)12-28-19(18)23-21(24)29-13-17(25)22-14(2)11-27-3/h4-9,12,14H,1,10-11,13H2,2-3H3,(H,22,25). The molecule has 0 aliphatic carbocycles. The summed E-state index contributed by atoms with van der Waals surface area (Å²) in [6.07, 6.45) is 1.66. The maximum atomic E-state index is 13.3. The quantitative estimate of drug-likeness (QED) is 0.320. The van der Waals surface area contributed by atoms with Crippen molar-refractivity contribution in [2.45, 2.75) is 24.7 Å². The van der Waals surface area contributed by atoms with Gasteiger partial charge in [-0.1, -0.05) is 48.2 Å². The number of carbonyl (C=O) groups is 1. The molecule has 1 N–H and O–H groups in total. The van der Waals surface area contributed by atoms with Crippen LogP contribution in [0.25, 0.3) is 21.3 Å². The van der Waals surface area contributed by atoms with Crippen LogP contribution >= 0.6 is 23.1 Å².